The summed E-state index contributed by atoms with van der Waals surface area (Å²) in [4.78, 5) is 17.9. The van der Waals surface area contributed by atoms with Gasteiger partial charge in [0, 0.05) is 25.8 Å². The first kappa shape index (κ1) is 12.8. The van der Waals surface area contributed by atoms with Crippen LogP contribution in [0.1, 0.15) is 24.0 Å². The summed E-state index contributed by atoms with van der Waals surface area (Å²) < 4.78 is 0. The molecule has 0 radical (unpaired) electrons. The third-order valence-corrected chi connectivity index (χ3v) is 3.47. The minimum Gasteiger partial charge on any atom is -0.369 e. The molecule has 2 heterocycles. The van der Waals surface area contributed by atoms with Crippen molar-refractivity contribution < 1.29 is 4.79 Å². The van der Waals surface area contributed by atoms with Crippen LogP contribution in [0.3, 0.4) is 0 Å². The zero-order valence-electron chi connectivity index (χ0n) is 10.7. The highest BCUT2D eigenvalue weighted by Gasteiger charge is 2.25. The summed E-state index contributed by atoms with van der Waals surface area (Å²) in [5.74, 6) is 0.670. The van der Waals surface area contributed by atoms with Crippen molar-refractivity contribution in [1.29, 1.82) is 0 Å². The SMILES string of the molecule is Cc1cc(CN)cnc1N1CCCC(C(N)=O)C1. The molecule has 0 aromatic carbocycles. The molecule has 0 bridgehead atoms. The van der Waals surface area contributed by atoms with Crippen LogP contribution in [0.25, 0.3) is 0 Å². The number of rotatable bonds is 3. The van der Waals surface area contributed by atoms with E-state index in [4.69, 9.17) is 11.5 Å². The molecule has 1 amide bonds. The Morgan fingerprint density at radius 1 is 1.61 bits per heavy atom. The van der Waals surface area contributed by atoms with Crippen LogP contribution in [0, 0.1) is 12.8 Å². The van der Waals surface area contributed by atoms with Gasteiger partial charge in [-0.1, -0.05) is 0 Å². The summed E-state index contributed by atoms with van der Waals surface area (Å²) in [6.07, 6.45) is 3.66. The number of aromatic nitrogens is 1. The van der Waals surface area contributed by atoms with Gasteiger partial charge in [0.1, 0.15) is 5.82 Å². The number of carbonyl (C=O) groups is 1. The first-order valence-corrected chi connectivity index (χ1v) is 6.31. The summed E-state index contributed by atoms with van der Waals surface area (Å²) >= 11 is 0. The lowest BCUT2D eigenvalue weighted by atomic mass is 9.97. The molecule has 0 aliphatic carbocycles. The monoisotopic (exact) mass is 248 g/mol. The molecule has 1 aromatic rings. The highest BCUT2D eigenvalue weighted by molar-refractivity contribution is 5.77. The fraction of sp³-hybridized carbons (Fsp3) is 0.538. The van der Waals surface area contributed by atoms with E-state index in [1.54, 1.807) is 6.20 Å². The van der Waals surface area contributed by atoms with E-state index in [9.17, 15) is 4.79 Å². The van der Waals surface area contributed by atoms with Crippen LogP contribution in [0.2, 0.25) is 0 Å². The number of hydrogen-bond acceptors (Lipinski definition) is 4. The fourth-order valence-corrected chi connectivity index (χ4v) is 2.47. The second-order valence-electron chi connectivity index (χ2n) is 4.88. The van der Waals surface area contributed by atoms with Crippen molar-refractivity contribution in [2.24, 2.45) is 17.4 Å². The molecule has 5 heteroatoms. The van der Waals surface area contributed by atoms with Crippen molar-refractivity contribution in [2.75, 3.05) is 18.0 Å². The van der Waals surface area contributed by atoms with E-state index < -0.39 is 0 Å². The topological polar surface area (TPSA) is 85.2 Å². The standard InChI is InChI=1S/C13H20N4O/c1-9-5-10(6-14)7-16-13(9)17-4-2-3-11(8-17)12(15)18/h5,7,11H,2-4,6,8,14H2,1H3,(H2,15,18). The molecule has 98 valence electrons. The molecule has 1 saturated heterocycles. The molecule has 5 nitrogen and oxygen atoms in total. The number of piperidine rings is 1. The molecule has 1 unspecified atom stereocenters. The Kier molecular flexibility index (Phi) is 3.81. The number of hydrogen-bond donors (Lipinski definition) is 2. The van der Waals surface area contributed by atoms with Crippen LogP contribution in [-0.2, 0) is 11.3 Å². The zero-order valence-corrected chi connectivity index (χ0v) is 10.7. The molecule has 1 fully saturated rings. The molecule has 4 N–H and O–H groups in total. The van der Waals surface area contributed by atoms with Crippen molar-refractivity contribution in [1.82, 2.24) is 4.98 Å². The lowest BCUT2D eigenvalue weighted by Crippen LogP contribution is -2.41. The van der Waals surface area contributed by atoms with E-state index in [0.717, 1.165) is 36.3 Å². The van der Waals surface area contributed by atoms with Gasteiger partial charge in [-0.05, 0) is 37.0 Å². The number of nitrogens with zero attached hydrogens (tertiary/aromatic N) is 2. The first-order chi connectivity index (χ1) is 8.61. The van der Waals surface area contributed by atoms with Gasteiger partial charge < -0.3 is 16.4 Å². The molecule has 0 saturated carbocycles. The van der Waals surface area contributed by atoms with E-state index in [1.165, 1.54) is 0 Å². The summed E-state index contributed by atoms with van der Waals surface area (Å²) in [6.45, 7) is 4.12. The van der Waals surface area contributed by atoms with E-state index in [-0.39, 0.29) is 11.8 Å². The number of anilines is 1. The Hall–Kier alpha value is -1.62. The van der Waals surface area contributed by atoms with Crippen molar-refractivity contribution >= 4 is 11.7 Å². The maximum Gasteiger partial charge on any atom is 0.222 e. The second-order valence-corrected chi connectivity index (χ2v) is 4.88. The molecule has 1 aliphatic heterocycles. The molecular weight excluding hydrogens is 228 g/mol. The van der Waals surface area contributed by atoms with Gasteiger partial charge in [0.05, 0.1) is 5.92 Å². The van der Waals surface area contributed by atoms with Crippen LogP contribution in [0.4, 0.5) is 5.82 Å². The van der Waals surface area contributed by atoms with Gasteiger partial charge in [-0.25, -0.2) is 4.98 Å². The molecule has 1 aliphatic rings. The van der Waals surface area contributed by atoms with Crippen LogP contribution in [-0.4, -0.2) is 24.0 Å². The van der Waals surface area contributed by atoms with Crippen LogP contribution >= 0.6 is 0 Å². The molecule has 2 rings (SSSR count). The molecule has 0 spiro atoms. The first-order valence-electron chi connectivity index (χ1n) is 6.31. The molecular formula is C13H20N4O. The third kappa shape index (κ3) is 2.61. The van der Waals surface area contributed by atoms with Gasteiger partial charge in [0.15, 0.2) is 0 Å². The quantitative estimate of drug-likeness (QED) is 0.818. The maximum atomic E-state index is 11.3. The summed E-state index contributed by atoms with van der Waals surface area (Å²) in [5, 5.41) is 0. The Morgan fingerprint density at radius 3 is 3.00 bits per heavy atom. The largest absolute Gasteiger partial charge is 0.369 e. The van der Waals surface area contributed by atoms with Crippen LogP contribution in [0.15, 0.2) is 12.3 Å². The van der Waals surface area contributed by atoms with Crippen LogP contribution < -0.4 is 16.4 Å². The van der Waals surface area contributed by atoms with Gasteiger partial charge in [0.25, 0.3) is 0 Å². The highest BCUT2D eigenvalue weighted by Crippen LogP contribution is 2.24. The van der Waals surface area contributed by atoms with Crippen molar-refractivity contribution in [3.05, 3.63) is 23.4 Å². The molecule has 18 heavy (non-hydrogen) atoms. The Morgan fingerprint density at radius 2 is 2.39 bits per heavy atom. The Labute approximate surface area is 107 Å². The lowest BCUT2D eigenvalue weighted by Gasteiger charge is -2.33. The van der Waals surface area contributed by atoms with Gasteiger partial charge in [-0.15, -0.1) is 0 Å². The Balaban J connectivity index is 2.18. The van der Waals surface area contributed by atoms with E-state index >= 15 is 0 Å². The summed E-state index contributed by atoms with van der Waals surface area (Å²) in [6, 6.07) is 2.05. The zero-order chi connectivity index (χ0) is 13.1. The normalized spacial score (nSPS) is 19.9. The molecule has 1 atom stereocenters. The number of primary amides is 1. The number of carbonyl (C=O) groups excluding carboxylic acids is 1. The second kappa shape index (κ2) is 5.35. The van der Waals surface area contributed by atoms with E-state index in [0.29, 0.717) is 13.1 Å². The summed E-state index contributed by atoms with van der Waals surface area (Å²) in [7, 11) is 0. The van der Waals surface area contributed by atoms with Gasteiger partial charge in [-0.3, -0.25) is 4.79 Å². The lowest BCUT2D eigenvalue weighted by molar-refractivity contribution is -0.122. The average molecular weight is 248 g/mol. The number of nitrogens with two attached hydrogens (primary N) is 2. The van der Waals surface area contributed by atoms with E-state index in [2.05, 4.69) is 16.0 Å². The van der Waals surface area contributed by atoms with Crippen LogP contribution in [0.5, 0.6) is 0 Å². The number of amides is 1. The number of aryl methyl sites for hydroxylation is 1. The summed E-state index contributed by atoms with van der Waals surface area (Å²) in [5.41, 5.74) is 13.1. The van der Waals surface area contributed by atoms with Gasteiger partial charge in [-0.2, -0.15) is 0 Å². The number of pyridine rings is 1. The van der Waals surface area contributed by atoms with Gasteiger partial charge >= 0.3 is 0 Å². The predicted octanol–water partition coefficient (Wildman–Crippen LogP) is 0.550. The molecule has 1 aromatic heterocycles. The smallest absolute Gasteiger partial charge is 0.222 e. The average Bonchev–Trinajstić information content (AvgIpc) is 2.38. The van der Waals surface area contributed by atoms with Gasteiger partial charge in [0.2, 0.25) is 5.91 Å². The van der Waals surface area contributed by atoms with E-state index in [1.807, 2.05) is 6.92 Å². The highest BCUT2D eigenvalue weighted by atomic mass is 16.1. The third-order valence-electron chi connectivity index (χ3n) is 3.47. The predicted molar refractivity (Wildman–Crippen MR) is 71.0 cm³/mol. The minimum atomic E-state index is -0.212. The maximum absolute atomic E-state index is 11.3. The Bertz CT molecular complexity index is 447. The van der Waals surface area contributed by atoms with Crippen molar-refractivity contribution in [3.8, 4) is 0 Å². The minimum absolute atomic E-state index is 0.0610. The fourth-order valence-electron chi connectivity index (χ4n) is 2.47. The van der Waals surface area contributed by atoms with Crippen molar-refractivity contribution in [3.63, 3.8) is 0 Å². The van der Waals surface area contributed by atoms with Crippen molar-refractivity contribution in [2.45, 2.75) is 26.3 Å².